The molecule has 10 heavy (non-hydrogen) atoms. The highest BCUT2D eigenvalue weighted by atomic mass is 32.2. The van der Waals surface area contributed by atoms with Crippen LogP contribution in [0.4, 0.5) is 0 Å². The van der Waals surface area contributed by atoms with E-state index >= 15 is 0 Å². The Morgan fingerprint density at radius 1 is 1.70 bits per heavy atom. The number of aliphatic hydroxyl groups is 1. The summed E-state index contributed by atoms with van der Waals surface area (Å²) >= 11 is 1.84. The van der Waals surface area contributed by atoms with Gasteiger partial charge in [-0.3, -0.25) is 0 Å². The summed E-state index contributed by atoms with van der Waals surface area (Å²) in [4.78, 5) is 0. The normalized spacial score (nSPS) is 39.3. The SMILES string of the molecule is CSC1CC(O)(CCN)C1. The summed E-state index contributed by atoms with van der Waals surface area (Å²) in [6.45, 7) is 0.609. The number of thioether (sulfide) groups is 1. The number of hydrogen-bond donors (Lipinski definition) is 2. The smallest absolute Gasteiger partial charge is 0.0681 e. The second kappa shape index (κ2) is 3.11. The van der Waals surface area contributed by atoms with Crippen LogP contribution >= 0.6 is 11.8 Å². The predicted molar refractivity (Wildman–Crippen MR) is 45.2 cm³/mol. The molecule has 0 bridgehead atoms. The Morgan fingerprint density at radius 2 is 2.30 bits per heavy atom. The fourth-order valence-electron chi connectivity index (χ4n) is 1.43. The summed E-state index contributed by atoms with van der Waals surface area (Å²) in [7, 11) is 0. The summed E-state index contributed by atoms with van der Waals surface area (Å²) in [5.74, 6) is 0. The molecule has 0 unspecified atom stereocenters. The van der Waals surface area contributed by atoms with Crippen LogP contribution < -0.4 is 5.73 Å². The van der Waals surface area contributed by atoms with Crippen molar-refractivity contribution in [2.75, 3.05) is 12.8 Å². The van der Waals surface area contributed by atoms with Crippen LogP contribution in [0.25, 0.3) is 0 Å². The highest BCUT2D eigenvalue weighted by Crippen LogP contribution is 2.40. The molecule has 0 aliphatic heterocycles. The van der Waals surface area contributed by atoms with Crippen LogP contribution in [-0.4, -0.2) is 28.8 Å². The van der Waals surface area contributed by atoms with Crippen LogP contribution in [0.15, 0.2) is 0 Å². The standard InChI is InChI=1S/C7H15NOS/c1-10-6-4-7(9,5-6)2-3-8/h6,9H,2-5,8H2,1H3. The second-order valence-corrected chi connectivity index (χ2v) is 4.17. The number of nitrogens with two attached hydrogens (primary N) is 1. The molecule has 1 rings (SSSR count). The van der Waals surface area contributed by atoms with Gasteiger partial charge in [0.05, 0.1) is 5.60 Å². The molecule has 0 saturated heterocycles. The van der Waals surface area contributed by atoms with Gasteiger partial charge in [0, 0.05) is 5.25 Å². The maximum atomic E-state index is 9.62. The van der Waals surface area contributed by atoms with Gasteiger partial charge in [0.15, 0.2) is 0 Å². The fourth-order valence-corrected chi connectivity index (χ4v) is 2.38. The van der Waals surface area contributed by atoms with Crippen LogP contribution in [-0.2, 0) is 0 Å². The average Bonchev–Trinajstić information content (AvgIpc) is 1.83. The van der Waals surface area contributed by atoms with Crippen LogP contribution in [0.2, 0.25) is 0 Å². The van der Waals surface area contributed by atoms with Gasteiger partial charge in [0.2, 0.25) is 0 Å². The van der Waals surface area contributed by atoms with Crippen molar-refractivity contribution in [2.45, 2.75) is 30.1 Å². The van der Waals surface area contributed by atoms with E-state index in [4.69, 9.17) is 5.73 Å². The number of hydrogen-bond acceptors (Lipinski definition) is 3. The first-order valence-corrected chi connectivity index (χ1v) is 4.94. The van der Waals surface area contributed by atoms with Gasteiger partial charge in [-0.25, -0.2) is 0 Å². The molecule has 3 heteroatoms. The van der Waals surface area contributed by atoms with Gasteiger partial charge >= 0.3 is 0 Å². The Balaban J connectivity index is 2.20. The summed E-state index contributed by atoms with van der Waals surface area (Å²) in [6, 6.07) is 0. The van der Waals surface area contributed by atoms with Gasteiger partial charge in [-0.1, -0.05) is 0 Å². The molecule has 0 atom stereocenters. The average molecular weight is 161 g/mol. The zero-order chi connectivity index (χ0) is 7.61. The van der Waals surface area contributed by atoms with E-state index in [-0.39, 0.29) is 0 Å². The first kappa shape index (κ1) is 8.37. The van der Waals surface area contributed by atoms with Crippen LogP contribution in [0.1, 0.15) is 19.3 Å². The Morgan fingerprint density at radius 3 is 2.70 bits per heavy atom. The third-order valence-electron chi connectivity index (χ3n) is 2.16. The van der Waals surface area contributed by atoms with E-state index in [1.54, 1.807) is 0 Å². The van der Waals surface area contributed by atoms with E-state index in [9.17, 15) is 5.11 Å². The lowest BCUT2D eigenvalue weighted by molar-refractivity contribution is -0.0327. The molecule has 3 N–H and O–H groups in total. The van der Waals surface area contributed by atoms with Gasteiger partial charge < -0.3 is 10.8 Å². The van der Waals surface area contributed by atoms with E-state index < -0.39 is 5.60 Å². The van der Waals surface area contributed by atoms with Crippen molar-refractivity contribution < 1.29 is 5.11 Å². The minimum Gasteiger partial charge on any atom is -0.390 e. The minimum absolute atomic E-state index is 0.400. The topological polar surface area (TPSA) is 46.2 Å². The summed E-state index contributed by atoms with van der Waals surface area (Å²) < 4.78 is 0. The molecule has 1 saturated carbocycles. The third-order valence-corrected chi connectivity index (χ3v) is 3.16. The van der Waals surface area contributed by atoms with E-state index in [1.165, 1.54) is 0 Å². The molecule has 1 aliphatic carbocycles. The van der Waals surface area contributed by atoms with Gasteiger partial charge in [-0.05, 0) is 32.1 Å². The van der Waals surface area contributed by atoms with E-state index in [1.807, 2.05) is 11.8 Å². The van der Waals surface area contributed by atoms with Crippen molar-refractivity contribution in [1.29, 1.82) is 0 Å². The summed E-state index contributed by atoms with van der Waals surface area (Å²) in [6.07, 6.45) is 4.73. The lowest BCUT2D eigenvalue weighted by Gasteiger charge is -2.42. The lowest BCUT2D eigenvalue weighted by Crippen LogP contribution is -2.46. The van der Waals surface area contributed by atoms with Crippen LogP contribution in [0.3, 0.4) is 0 Å². The van der Waals surface area contributed by atoms with Crippen LogP contribution in [0.5, 0.6) is 0 Å². The molecule has 0 amide bonds. The Hall–Kier alpha value is 0.270. The molecular weight excluding hydrogens is 146 g/mol. The maximum absolute atomic E-state index is 9.62. The molecule has 0 radical (unpaired) electrons. The first-order chi connectivity index (χ1) is 4.70. The van der Waals surface area contributed by atoms with Crippen molar-refractivity contribution in [2.24, 2.45) is 5.73 Å². The van der Waals surface area contributed by atoms with Gasteiger partial charge in [-0.2, -0.15) is 11.8 Å². The molecule has 0 spiro atoms. The summed E-state index contributed by atoms with van der Waals surface area (Å²) in [5, 5.41) is 10.3. The highest BCUT2D eigenvalue weighted by Gasteiger charge is 2.41. The molecule has 60 valence electrons. The Kier molecular flexibility index (Phi) is 2.61. The third kappa shape index (κ3) is 1.65. The van der Waals surface area contributed by atoms with Crippen LogP contribution in [0, 0.1) is 0 Å². The highest BCUT2D eigenvalue weighted by molar-refractivity contribution is 7.99. The minimum atomic E-state index is -0.400. The molecular formula is C7H15NOS. The van der Waals surface area contributed by atoms with E-state index in [0.717, 1.165) is 19.3 Å². The number of rotatable bonds is 3. The van der Waals surface area contributed by atoms with Gasteiger partial charge in [-0.15, -0.1) is 0 Å². The molecule has 1 fully saturated rings. The van der Waals surface area contributed by atoms with E-state index in [0.29, 0.717) is 11.8 Å². The first-order valence-electron chi connectivity index (χ1n) is 3.65. The Bertz CT molecular complexity index is 112. The predicted octanol–water partition coefficient (Wildman–Crippen LogP) is 0.592. The quantitative estimate of drug-likeness (QED) is 0.637. The fraction of sp³-hybridized carbons (Fsp3) is 1.00. The lowest BCUT2D eigenvalue weighted by atomic mass is 9.77. The van der Waals surface area contributed by atoms with Crippen molar-refractivity contribution in [3.8, 4) is 0 Å². The zero-order valence-electron chi connectivity index (χ0n) is 6.34. The Labute approximate surface area is 66.2 Å². The molecule has 0 aromatic heterocycles. The maximum Gasteiger partial charge on any atom is 0.0681 e. The monoisotopic (exact) mass is 161 g/mol. The van der Waals surface area contributed by atoms with Crippen molar-refractivity contribution in [3.05, 3.63) is 0 Å². The van der Waals surface area contributed by atoms with Gasteiger partial charge in [0.25, 0.3) is 0 Å². The van der Waals surface area contributed by atoms with E-state index in [2.05, 4.69) is 6.26 Å². The molecule has 0 aromatic rings. The largest absolute Gasteiger partial charge is 0.390 e. The van der Waals surface area contributed by atoms with Crippen molar-refractivity contribution in [3.63, 3.8) is 0 Å². The van der Waals surface area contributed by atoms with Crippen molar-refractivity contribution in [1.82, 2.24) is 0 Å². The molecule has 0 heterocycles. The molecule has 0 aromatic carbocycles. The van der Waals surface area contributed by atoms with Crippen molar-refractivity contribution >= 4 is 11.8 Å². The zero-order valence-corrected chi connectivity index (χ0v) is 7.16. The second-order valence-electron chi connectivity index (χ2n) is 3.03. The molecule has 1 aliphatic rings. The van der Waals surface area contributed by atoms with Gasteiger partial charge in [0.1, 0.15) is 0 Å². The molecule has 2 nitrogen and oxygen atoms in total. The summed E-state index contributed by atoms with van der Waals surface area (Å²) in [5.41, 5.74) is 4.94.